The van der Waals surface area contributed by atoms with Crippen molar-refractivity contribution in [2.45, 2.75) is 5.38 Å². The molecule has 1 unspecified atom stereocenters. The predicted molar refractivity (Wildman–Crippen MR) is 93.4 cm³/mol. The highest BCUT2D eigenvalue weighted by atomic mass is 79.9. The minimum atomic E-state index is -0.139. The summed E-state index contributed by atoms with van der Waals surface area (Å²) in [6.45, 7) is 0. The lowest BCUT2D eigenvalue weighted by Gasteiger charge is -2.07. The summed E-state index contributed by atoms with van der Waals surface area (Å²) in [7, 11) is 0. The Labute approximate surface area is 139 Å². The van der Waals surface area contributed by atoms with Gasteiger partial charge in [0.2, 0.25) is 0 Å². The van der Waals surface area contributed by atoms with Gasteiger partial charge in [-0.15, -0.1) is 22.9 Å². The Morgan fingerprint density at radius 2 is 1.76 bits per heavy atom. The molecule has 0 amide bonds. The third kappa shape index (κ3) is 2.30. The van der Waals surface area contributed by atoms with E-state index in [2.05, 4.69) is 34.1 Å². The summed E-state index contributed by atoms with van der Waals surface area (Å²) in [5, 5.41) is 2.11. The van der Waals surface area contributed by atoms with Crippen LogP contribution < -0.4 is 0 Å². The molecule has 21 heavy (non-hydrogen) atoms. The van der Waals surface area contributed by atoms with Gasteiger partial charge >= 0.3 is 0 Å². The monoisotopic (exact) mass is 376 g/mol. The molecule has 0 bridgehead atoms. The molecule has 0 saturated heterocycles. The largest absolute Gasteiger partial charge is 0.456 e. The number of thiophene rings is 1. The number of fused-ring (bicyclic) bond motifs is 3. The van der Waals surface area contributed by atoms with Crippen LogP contribution in [0.2, 0.25) is 0 Å². The van der Waals surface area contributed by atoms with Crippen molar-refractivity contribution in [2.75, 3.05) is 0 Å². The van der Waals surface area contributed by atoms with Crippen molar-refractivity contribution in [3.05, 3.63) is 68.8 Å². The fraction of sp³-hybridized carbons (Fsp3) is 0.0588. The first-order valence-corrected chi connectivity index (χ1v) is 8.57. The fourth-order valence-corrected chi connectivity index (χ4v) is 4.30. The second-order valence-electron chi connectivity index (χ2n) is 4.86. The lowest BCUT2D eigenvalue weighted by molar-refractivity contribution is 0.669. The summed E-state index contributed by atoms with van der Waals surface area (Å²) in [5.41, 5.74) is 2.90. The van der Waals surface area contributed by atoms with E-state index >= 15 is 0 Å². The van der Waals surface area contributed by atoms with E-state index in [1.54, 1.807) is 11.3 Å². The number of halogens is 2. The second kappa shape index (κ2) is 5.16. The average molecular weight is 378 g/mol. The molecule has 1 atom stereocenters. The molecule has 0 spiro atoms. The lowest BCUT2D eigenvalue weighted by Crippen LogP contribution is -1.89. The molecule has 0 aliphatic rings. The van der Waals surface area contributed by atoms with E-state index in [9.17, 15) is 0 Å². The Balaban J connectivity index is 1.88. The number of rotatable bonds is 2. The van der Waals surface area contributed by atoms with E-state index in [1.807, 2.05) is 36.4 Å². The zero-order chi connectivity index (χ0) is 14.4. The van der Waals surface area contributed by atoms with Crippen LogP contribution in [0.25, 0.3) is 21.9 Å². The highest BCUT2D eigenvalue weighted by Crippen LogP contribution is 2.38. The van der Waals surface area contributed by atoms with Crippen LogP contribution in [0.15, 0.2) is 62.8 Å². The van der Waals surface area contributed by atoms with Crippen LogP contribution >= 0.6 is 38.9 Å². The first-order chi connectivity index (χ1) is 10.2. The Kier molecular flexibility index (Phi) is 3.29. The van der Waals surface area contributed by atoms with E-state index in [0.717, 1.165) is 36.2 Å². The van der Waals surface area contributed by atoms with E-state index in [0.29, 0.717) is 0 Å². The third-order valence-corrected chi connectivity index (χ3v) is 5.84. The average Bonchev–Trinajstić information content (AvgIpc) is 3.09. The molecule has 4 aromatic rings. The van der Waals surface area contributed by atoms with Crippen LogP contribution in [0.4, 0.5) is 0 Å². The van der Waals surface area contributed by atoms with Gasteiger partial charge < -0.3 is 4.42 Å². The molecule has 0 aliphatic heterocycles. The topological polar surface area (TPSA) is 13.1 Å². The first-order valence-electron chi connectivity index (χ1n) is 6.53. The SMILES string of the molecule is ClC(c1ccc2oc3ccccc3c2c1)c1ccc(Br)s1. The van der Waals surface area contributed by atoms with Gasteiger partial charge in [-0.2, -0.15) is 0 Å². The van der Waals surface area contributed by atoms with Crippen molar-refractivity contribution in [3.63, 3.8) is 0 Å². The Morgan fingerprint density at radius 1 is 0.952 bits per heavy atom. The molecular weight excluding hydrogens is 368 g/mol. The molecular formula is C17H10BrClOS. The van der Waals surface area contributed by atoms with Crippen molar-refractivity contribution >= 4 is 60.8 Å². The van der Waals surface area contributed by atoms with E-state index in [1.165, 1.54) is 0 Å². The second-order valence-corrected chi connectivity index (χ2v) is 7.79. The van der Waals surface area contributed by atoms with Crippen LogP contribution in [0.1, 0.15) is 15.8 Å². The van der Waals surface area contributed by atoms with Crippen LogP contribution in [-0.4, -0.2) is 0 Å². The molecule has 4 rings (SSSR count). The summed E-state index contributed by atoms with van der Waals surface area (Å²) in [5.74, 6) is 0. The normalized spacial score (nSPS) is 13.0. The van der Waals surface area contributed by atoms with Crippen LogP contribution in [-0.2, 0) is 0 Å². The van der Waals surface area contributed by atoms with Crippen molar-refractivity contribution in [1.82, 2.24) is 0 Å². The molecule has 4 heteroatoms. The van der Waals surface area contributed by atoms with E-state index in [-0.39, 0.29) is 5.38 Å². The van der Waals surface area contributed by atoms with Gasteiger partial charge in [0, 0.05) is 15.6 Å². The number of hydrogen-bond donors (Lipinski definition) is 0. The number of benzene rings is 2. The van der Waals surface area contributed by atoms with Gasteiger partial charge in [0.1, 0.15) is 11.2 Å². The zero-order valence-electron chi connectivity index (χ0n) is 10.8. The van der Waals surface area contributed by atoms with E-state index < -0.39 is 0 Å². The molecule has 0 saturated carbocycles. The van der Waals surface area contributed by atoms with Gasteiger partial charge in [0.25, 0.3) is 0 Å². The molecule has 0 radical (unpaired) electrons. The molecule has 0 N–H and O–H groups in total. The first kappa shape index (κ1) is 13.4. The summed E-state index contributed by atoms with van der Waals surface area (Å²) in [6, 6.07) is 18.3. The molecule has 2 aromatic carbocycles. The molecule has 2 heterocycles. The van der Waals surface area contributed by atoms with Gasteiger partial charge in [0.15, 0.2) is 0 Å². The molecule has 104 valence electrons. The third-order valence-electron chi connectivity index (χ3n) is 3.54. The van der Waals surface area contributed by atoms with Gasteiger partial charge in [-0.3, -0.25) is 0 Å². The van der Waals surface area contributed by atoms with Crippen LogP contribution in [0.3, 0.4) is 0 Å². The van der Waals surface area contributed by atoms with Crippen molar-refractivity contribution in [1.29, 1.82) is 0 Å². The van der Waals surface area contributed by atoms with Crippen LogP contribution in [0.5, 0.6) is 0 Å². The lowest BCUT2D eigenvalue weighted by atomic mass is 10.1. The van der Waals surface area contributed by atoms with Gasteiger partial charge in [-0.25, -0.2) is 0 Å². The van der Waals surface area contributed by atoms with Gasteiger partial charge in [-0.1, -0.05) is 24.3 Å². The number of para-hydroxylation sites is 1. The zero-order valence-corrected chi connectivity index (χ0v) is 14.0. The standard InChI is InChI=1S/C17H10BrClOS/c18-16-8-7-15(21-16)17(19)10-5-6-14-12(9-10)11-3-1-2-4-13(11)20-14/h1-9,17H. The maximum Gasteiger partial charge on any atom is 0.135 e. The number of furan rings is 1. The van der Waals surface area contributed by atoms with Gasteiger partial charge in [0.05, 0.1) is 9.16 Å². The van der Waals surface area contributed by atoms with Crippen molar-refractivity contribution in [3.8, 4) is 0 Å². The molecule has 2 aromatic heterocycles. The molecule has 0 aliphatic carbocycles. The minimum absolute atomic E-state index is 0.139. The molecule has 1 nitrogen and oxygen atoms in total. The summed E-state index contributed by atoms with van der Waals surface area (Å²) in [4.78, 5) is 1.13. The smallest absolute Gasteiger partial charge is 0.135 e. The van der Waals surface area contributed by atoms with Crippen molar-refractivity contribution < 1.29 is 4.42 Å². The molecule has 0 fully saturated rings. The highest BCUT2D eigenvalue weighted by Gasteiger charge is 2.15. The fourth-order valence-electron chi connectivity index (χ4n) is 2.53. The van der Waals surface area contributed by atoms with Crippen molar-refractivity contribution in [2.24, 2.45) is 0 Å². The van der Waals surface area contributed by atoms with E-state index in [4.69, 9.17) is 16.0 Å². The maximum absolute atomic E-state index is 6.62. The van der Waals surface area contributed by atoms with Gasteiger partial charge in [-0.05, 0) is 51.8 Å². The summed E-state index contributed by atoms with van der Waals surface area (Å²) < 4.78 is 6.94. The summed E-state index contributed by atoms with van der Waals surface area (Å²) in [6.07, 6.45) is 0. The Hall–Kier alpha value is -1.29. The summed E-state index contributed by atoms with van der Waals surface area (Å²) >= 11 is 11.8. The Bertz CT molecular complexity index is 940. The van der Waals surface area contributed by atoms with Crippen LogP contribution in [0, 0.1) is 0 Å². The number of alkyl halides is 1. The maximum atomic E-state index is 6.62. The predicted octanol–water partition coefficient (Wildman–Crippen LogP) is 6.74. The quantitative estimate of drug-likeness (QED) is 0.353. The number of hydrogen-bond acceptors (Lipinski definition) is 2. The highest BCUT2D eigenvalue weighted by molar-refractivity contribution is 9.11. The minimum Gasteiger partial charge on any atom is -0.456 e. The Morgan fingerprint density at radius 3 is 2.57 bits per heavy atom.